The van der Waals surface area contributed by atoms with Crippen LogP contribution in [0.25, 0.3) is 0 Å². The van der Waals surface area contributed by atoms with Gasteiger partial charge in [-0.1, -0.05) is 24.3 Å². The third-order valence-corrected chi connectivity index (χ3v) is 5.67. The highest BCUT2D eigenvalue weighted by molar-refractivity contribution is 6.05. The molecule has 152 valence electrons. The van der Waals surface area contributed by atoms with Crippen molar-refractivity contribution in [2.24, 2.45) is 0 Å². The van der Waals surface area contributed by atoms with Crippen molar-refractivity contribution >= 4 is 17.6 Å². The average Bonchev–Trinajstić information content (AvgIpc) is 2.78. The van der Waals surface area contributed by atoms with E-state index in [1.807, 2.05) is 0 Å². The zero-order chi connectivity index (χ0) is 21.4. The molecule has 1 atom stereocenters. The number of halogens is 1. The smallest absolute Gasteiger partial charge is 0.329 e. The van der Waals surface area contributed by atoms with E-state index in [0.29, 0.717) is 41.1 Å². The Morgan fingerprint density at radius 1 is 1.13 bits per heavy atom. The number of benzene rings is 2. The summed E-state index contributed by atoms with van der Waals surface area (Å²) < 4.78 is 13.2. The Kier molecular flexibility index (Phi) is 5.00. The second-order valence-corrected chi connectivity index (χ2v) is 7.51. The number of carbonyl (C=O) groups is 2. The van der Waals surface area contributed by atoms with Crippen LogP contribution in [0.4, 0.5) is 14.9 Å². The van der Waals surface area contributed by atoms with Gasteiger partial charge in [0.2, 0.25) is 0 Å². The van der Waals surface area contributed by atoms with Crippen LogP contribution in [0.3, 0.4) is 0 Å². The number of hydrogen-bond acceptors (Lipinski definition) is 3. The Labute approximate surface area is 174 Å². The highest BCUT2D eigenvalue weighted by Gasteiger charge is 2.44. The Morgan fingerprint density at radius 3 is 2.53 bits per heavy atom. The van der Waals surface area contributed by atoms with Crippen molar-refractivity contribution in [3.8, 4) is 6.07 Å². The van der Waals surface area contributed by atoms with Gasteiger partial charge in [-0.25, -0.2) is 9.18 Å². The summed E-state index contributed by atoms with van der Waals surface area (Å²) in [6, 6.07) is 14.9. The lowest BCUT2D eigenvalue weighted by molar-refractivity contribution is -0.127. The number of carbonyl (C=O) groups excluding carboxylic acids is 2. The monoisotopic (exact) mass is 404 g/mol. The third kappa shape index (κ3) is 3.11. The Morgan fingerprint density at radius 2 is 1.87 bits per heavy atom. The van der Waals surface area contributed by atoms with Gasteiger partial charge in [-0.05, 0) is 35.4 Å². The molecule has 0 spiro atoms. The van der Waals surface area contributed by atoms with E-state index in [1.54, 1.807) is 67.5 Å². The molecule has 0 aromatic heterocycles. The highest BCUT2D eigenvalue weighted by Crippen LogP contribution is 2.42. The lowest BCUT2D eigenvalue weighted by Crippen LogP contribution is -2.53. The quantitative estimate of drug-likeness (QED) is 0.782. The van der Waals surface area contributed by atoms with Crippen LogP contribution < -0.4 is 4.90 Å². The molecule has 0 saturated heterocycles. The molecule has 4 rings (SSSR count). The Balaban J connectivity index is 1.90. The number of likely N-dealkylation sites (N-methyl/N-ethyl adjacent to an activating group) is 2. The maximum atomic E-state index is 13.4. The van der Waals surface area contributed by atoms with Crippen molar-refractivity contribution in [3.05, 3.63) is 76.5 Å². The average molecular weight is 404 g/mol. The fraction of sp³-hybridized carbons (Fsp3) is 0.261. The Bertz CT molecular complexity index is 1090. The summed E-state index contributed by atoms with van der Waals surface area (Å²) in [7, 11) is 3.40. The van der Waals surface area contributed by atoms with Gasteiger partial charge in [0.05, 0.1) is 28.9 Å². The molecule has 0 aliphatic carbocycles. The van der Waals surface area contributed by atoms with Gasteiger partial charge in [0.25, 0.3) is 5.91 Å². The number of alkyl halides is 1. The summed E-state index contributed by atoms with van der Waals surface area (Å²) in [4.78, 5) is 31.3. The van der Waals surface area contributed by atoms with Gasteiger partial charge >= 0.3 is 6.03 Å². The second kappa shape index (κ2) is 7.64. The Hall–Kier alpha value is -3.66. The number of nitrogens with zero attached hydrogens (tertiary/aromatic N) is 4. The van der Waals surface area contributed by atoms with Crippen molar-refractivity contribution in [2.75, 3.05) is 25.5 Å². The SMILES string of the molecule is CN1CCC2=C(C1=O)[C@@H](c1ccc(C#N)cc1)N(C)C(=O)N2c1cccc(CF)c1. The predicted molar refractivity (Wildman–Crippen MR) is 110 cm³/mol. The molecule has 0 N–H and O–H groups in total. The summed E-state index contributed by atoms with van der Waals surface area (Å²) in [5.74, 6) is -0.142. The molecule has 2 aromatic carbocycles. The lowest BCUT2D eigenvalue weighted by atomic mass is 9.88. The van der Waals surface area contributed by atoms with Crippen LogP contribution >= 0.6 is 0 Å². The van der Waals surface area contributed by atoms with E-state index in [0.717, 1.165) is 5.56 Å². The standard InChI is InChI=1S/C23H21FN4O2/c1-26-11-10-19-20(22(26)29)21(17-8-6-15(14-25)7-9-17)27(2)23(30)28(19)18-5-3-4-16(12-18)13-24/h3-9,12,21H,10-11,13H2,1-2H3/t21-/m1/s1. The number of urea groups is 1. The minimum atomic E-state index is -0.632. The minimum Gasteiger partial charge on any atom is -0.341 e. The van der Waals surface area contributed by atoms with Crippen molar-refractivity contribution in [3.63, 3.8) is 0 Å². The first-order chi connectivity index (χ1) is 14.5. The molecular formula is C23H21FN4O2. The first-order valence-corrected chi connectivity index (χ1v) is 9.66. The van der Waals surface area contributed by atoms with Gasteiger partial charge < -0.3 is 9.80 Å². The zero-order valence-electron chi connectivity index (χ0n) is 16.8. The molecule has 2 aliphatic heterocycles. The number of hydrogen-bond donors (Lipinski definition) is 0. The molecule has 0 bridgehead atoms. The van der Waals surface area contributed by atoms with Crippen molar-refractivity contribution in [2.45, 2.75) is 19.1 Å². The molecule has 2 heterocycles. The molecule has 2 aliphatic rings. The van der Waals surface area contributed by atoms with E-state index in [-0.39, 0.29) is 11.9 Å². The summed E-state index contributed by atoms with van der Waals surface area (Å²) in [5.41, 5.74) is 3.46. The first kappa shape index (κ1) is 19.6. The van der Waals surface area contributed by atoms with Gasteiger partial charge in [0.15, 0.2) is 0 Å². The van der Waals surface area contributed by atoms with Gasteiger partial charge in [0, 0.05) is 32.8 Å². The van der Waals surface area contributed by atoms with Crippen LogP contribution in [-0.4, -0.2) is 42.4 Å². The number of rotatable bonds is 3. The second-order valence-electron chi connectivity index (χ2n) is 7.51. The van der Waals surface area contributed by atoms with Gasteiger partial charge in [-0.2, -0.15) is 5.26 Å². The third-order valence-electron chi connectivity index (χ3n) is 5.67. The van der Waals surface area contributed by atoms with Crippen molar-refractivity contribution in [1.82, 2.24) is 9.80 Å². The molecular weight excluding hydrogens is 383 g/mol. The van der Waals surface area contributed by atoms with Crippen LogP contribution in [0.2, 0.25) is 0 Å². The summed E-state index contributed by atoms with van der Waals surface area (Å²) in [6.07, 6.45) is 0.518. The van der Waals surface area contributed by atoms with Crippen LogP contribution in [0.5, 0.6) is 0 Å². The van der Waals surface area contributed by atoms with Crippen LogP contribution in [0.15, 0.2) is 59.8 Å². The first-order valence-electron chi connectivity index (χ1n) is 9.66. The lowest BCUT2D eigenvalue weighted by Gasteiger charge is -2.45. The van der Waals surface area contributed by atoms with E-state index >= 15 is 0 Å². The number of nitriles is 1. The van der Waals surface area contributed by atoms with Crippen LogP contribution in [-0.2, 0) is 11.5 Å². The van der Waals surface area contributed by atoms with Crippen molar-refractivity contribution in [1.29, 1.82) is 5.26 Å². The molecule has 0 unspecified atom stereocenters. The van der Waals surface area contributed by atoms with Gasteiger partial charge in [-0.3, -0.25) is 9.69 Å². The summed E-state index contributed by atoms with van der Waals surface area (Å²) in [5, 5.41) is 9.08. The normalized spacial score (nSPS) is 19.1. The molecule has 6 nitrogen and oxygen atoms in total. The summed E-state index contributed by atoms with van der Waals surface area (Å²) >= 11 is 0. The van der Waals surface area contributed by atoms with E-state index in [9.17, 15) is 14.0 Å². The van der Waals surface area contributed by atoms with E-state index < -0.39 is 12.7 Å². The molecule has 2 aromatic rings. The summed E-state index contributed by atoms with van der Waals surface area (Å²) in [6.45, 7) is -0.138. The van der Waals surface area contributed by atoms with Crippen molar-refractivity contribution < 1.29 is 14.0 Å². The number of anilines is 1. The molecule has 7 heteroatoms. The fourth-order valence-corrected chi connectivity index (χ4v) is 4.10. The zero-order valence-corrected chi connectivity index (χ0v) is 16.8. The predicted octanol–water partition coefficient (Wildman–Crippen LogP) is 3.76. The molecule has 0 radical (unpaired) electrons. The van der Waals surface area contributed by atoms with E-state index in [2.05, 4.69) is 6.07 Å². The van der Waals surface area contributed by atoms with E-state index in [1.165, 1.54) is 9.80 Å². The largest absolute Gasteiger partial charge is 0.341 e. The molecule has 0 saturated carbocycles. The van der Waals surface area contributed by atoms with Crippen LogP contribution in [0, 0.1) is 11.3 Å². The maximum Gasteiger partial charge on any atom is 0.329 e. The van der Waals surface area contributed by atoms with Gasteiger partial charge in [0.1, 0.15) is 6.67 Å². The van der Waals surface area contributed by atoms with Crippen LogP contribution in [0.1, 0.15) is 29.2 Å². The topological polar surface area (TPSA) is 67.6 Å². The minimum absolute atomic E-state index is 0.142. The maximum absolute atomic E-state index is 13.4. The molecule has 0 fully saturated rings. The van der Waals surface area contributed by atoms with E-state index in [4.69, 9.17) is 5.26 Å². The van der Waals surface area contributed by atoms with Gasteiger partial charge in [-0.15, -0.1) is 0 Å². The highest BCUT2D eigenvalue weighted by atomic mass is 19.1. The fourth-order valence-electron chi connectivity index (χ4n) is 4.10. The number of amides is 3. The molecule has 30 heavy (non-hydrogen) atoms. The molecule has 3 amide bonds.